The van der Waals surface area contributed by atoms with Gasteiger partial charge in [-0.15, -0.1) is 0 Å². The van der Waals surface area contributed by atoms with Gasteiger partial charge < -0.3 is 5.32 Å². The Morgan fingerprint density at radius 2 is 1.64 bits per heavy atom. The van der Waals surface area contributed by atoms with Crippen LogP contribution in [0, 0.1) is 17.6 Å². The van der Waals surface area contributed by atoms with Crippen molar-refractivity contribution in [1.29, 1.82) is 0 Å². The standard InChI is InChI=1S/C17H16BrF2NO/c1-10(2)16(11-3-5-12(19)6-4-11)21-17(22)14-9-13(20)7-8-15(14)18/h3-10,16H,1-2H3,(H,21,22). The predicted molar refractivity (Wildman–Crippen MR) is 85.5 cm³/mol. The highest BCUT2D eigenvalue weighted by molar-refractivity contribution is 9.10. The molecule has 0 saturated heterocycles. The summed E-state index contributed by atoms with van der Waals surface area (Å²) in [6, 6.07) is 9.66. The van der Waals surface area contributed by atoms with Gasteiger partial charge in [0.05, 0.1) is 11.6 Å². The summed E-state index contributed by atoms with van der Waals surface area (Å²) >= 11 is 3.25. The highest BCUT2D eigenvalue weighted by Gasteiger charge is 2.20. The zero-order valence-corrected chi connectivity index (χ0v) is 13.8. The molecule has 1 N–H and O–H groups in total. The van der Waals surface area contributed by atoms with Crippen molar-refractivity contribution in [3.63, 3.8) is 0 Å². The average Bonchev–Trinajstić information content (AvgIpc) is 2.48. The van der Waals surface area contributed by atoms with Crippen LogP contribution in [0.4, 0.5) is 8.78 Å². The average molecular weight is 368 g/mol. The number of hydrogen-bond donors (Lipinski definition) is 1. The van der Waals surface area contributed by atoms with Gasteiger partial charge in [-0.2, -0.15) is 0 Å². The molecule has 0 radical (unpaired) electrons. The van der Waals surface area contributed by atoms with Gasteiger partial charge in [0.15, 0.2) is 0 Å². The van der Waals surface area contributed by atoms with Gasteiger partial charge in [0.2, 0.25) is 0 Å². The van der Waals surface area contributed by atoms with Crippen molar-refractivity contribution in [2.45, 2.75) is 19.9 Å². The molecule has 0 saturated carbocycles. The first-order valence-electron chi connectivity index (χ1n) is 6.90. The molecule has 2 rings (SSSR count). The van der Waals surface area contributed by atoms with E-state index in [0.29, 0.717) is 4.47 Å². The van der Waals surface area contributed by atoms with Crippen LogP contribution in [0.5, 0.6) is 0 Å². The molecular weight excluding hydrogens is 352 g/mol. The molecule has 116 valence electrons. The third-order valence-corrected chi connectivity index (χ3v) is 4.05. The number of nitrogens with one attached hydrogen (secondary N) is 1. The minimum absolute atomic E-state index is 0.0988. The third-order valence-electron chi connectivity index (χ3n) is 3.36. The van der Waals surface area contributed by atoms with Crippen molar-refractivity contribution < 1.29 is 13.6 Å². The van der Waals surface area contributed by atoms with Crippen molar-refractivity contribution in [3.8, 4) is 0 Å². The molecule has 0 aliphatic rings. The second-order valence-corrected chi connectivity index (χ2v) is 6.23. The van der Waals surface area contributed by atoms with Crippen molar-refractivity contribution in [1.82, 2.24) is 5.32 Å². The quantitative estimate of drug-likeness (QED) is 0.821. The van der Waals surface area contributed by atoms with Crippen molar-refractivity contribution in [2.75, 3.05) is 0 Å². The highest BCUT2D eigenvalue weighted by atomic mass is 79.9. The van der Waals surface area contributed by atoms with Gasteiger partial charge in [0, 0.05) is 4.47 Å². The molecule has 0 aliphatic heterocycles. The van der Waals surface area contributed by atoms with Crippen LogP contribution < -0.4 is 5.32 Å². The Balaban J connectivity index is 2.26. The lowest BCUT2D eigenvalue weighted by Gasteiger charge is -2.23. The highest BCUT2D eigenvalue weighted by Crippen LogP contribution is 2.24. The van der Waals surface area contributed by atoms with Crippen LogP contribution in [0.25, 0.3) is 0 Å². The van der Waals surface area contributed by atoms with Gasteiger partial charge in [-0.05, 0) is 57.7 Å². The summed E-state index contributed by atoms with van der Waals surface area (Å²) in [6.45, 7) is 3.91. The molecule has 5 heteroatoms. The van der Waals surface area contributed by atoms with Gasteiger partial charge in [-0.3, -0.25) is 4.79 Å². The summed E-state index contributed by atoms with van der Waals surface area (Å²) in [5, 5.41) is 2.88. The van der Waals surface area contributed by atoms with E-state index < -0.39 is 5.82 Å². The van der Waals surface area contributed by atoms with E-state index in [4.69, 9.17) is 0 Å². The van der Waals surface area contributed by atoms with E-state index in [1.54, 1.807) is 12.1 Å². The molecule has 1 atom stereocenters. The van der Waals surface area contributed by atoms with E-state index in [2.05, 4.69) is 21.2 Å². The van der Waals surface area contributed by atoms with E-state index in [9.17, 15) is 13.6 Å². The van der Waals surface area contributed by atoms with Crippen molar-refractivity contribution >= 4 is 21.8 Å². The lowest BCUT2D eigenvalue weighted by Crippen LogP contribution is -2.32. The van der Waals surface area contributed by atoms with E-state index in [1.165, 1.54) is 30.3 Å². The summed E-state index contributed by atoms with van der Waals surface area (Å²) in [5.74, 6) is -1.09. The smallest absolute Gasteiger partial charge is 0.253 e. The molecule has 0 heterocycles. The van der Waals surface area contributed by atoms with Crippen LogP contribution in [0.1, 0.15) is 35.8 Å². The molecule has 22 heavy (non-hydrogen) atoms. The van der Waals surface area contributed by atoms with Gasteiger partial charge in [-0.1, -0.05) is 26.0 Å². The normalized spacial score (nSPS) is 12.3. The molecule has 1 unspecified atom stereocenters. The van der Waals surface area contributed by atoms with E-state index in [0.717, 1.165) is 5.56 Å². The summed E-state index contributed by atoms with van der Waals surface area (Å²) in [7, 11) is 0. The van der Waals surface area contributed by atoms with Crippen molar-refractivity contribution in [2.24, 2.45) is 5.92 Å². The van der Waals surface area contributed by atoms with Crippen LogP contribution in [0.15, 0.2) is 46.9 Å². The Morgan fingerprint density at radius 1 is 1.05 bits per heavy atom. The fourth-order valence-electron chi connectivity index (χ4n) is 2.20. The number of hydrogen-bond acceptors (Lipinski definition) is 1. The number of carbonyl (C=O) groups is 1. The second-order valence-electron chi connectivity index (χ2n) is 5.37. The topological polar surface area (TPSA) is 29.1 Å². The monoisotopic (exact) mass is 367 g/mol. The largest absolute Gasteiger partial charge is 0.345 e. The minimum atomic E-state index is -0.476. The first kappa shape index (κ1) is 16.6. The molecule has 0 aliphatic carbocycles. The van der Waals surface area contributed by atoms with E-state index in [-0.39, 0.29) is 29.2 Å². The first-order chi connectivity index (χ1) is 10.4. The molecule has 1 amide bonds. The number of benzene rings is 2. The summed E-state index contributed by atoms with van der Waals surface area (Å²) in [5.41, 5.74) is 1.03. The Hall–Kier alpha value is -1.75. The Bertz CT molecular complexity index is 671. The predicted octanol–water partition coefficient (Wildman–Crippen LogP) is 4.85. The van der Waals surface area contributed by atoms with Crippen LogP contribution in [-0.2, 0) is 0 Å². The molecule has 0 fully saturated rings. The summed E-state index contributed by atoms with van der Waals surface area (Å²) < 4.78 is 26.9. The number of halogens is 3. The maximum atomic E-state index is 13.3. The Morgan fingerprint density at radius 3 is 2.23 bits per heavy atom. The van der Waals surface area contributed by atoms with Crippen molar-refractivity contribution in [3.05, 3.63) is 69.7 Å². The van der Waals surface area contributed by atoms with E-state index >= 15 is 0 Å². The molecule has 0 bridgehead atoms. The number of rotatable bonds is 4. The Kier molecular flexibility index (Phi) is 5.29. The molecule has 2 nitrogen and oxygen atoms in total. The SMILES string of the molecule is CC(C)C(NC(=O)c1cc(F)ccc1Br)c1ccc(F)cc1. The van der Waals surface area contributed by atoms with Gasteiger partial charge in [-0.25, -0.2) is 8.78 Å². The zero-order chi connectivity index (χ0) is 16.3. The van der Waals surface area contributed by atoms with Gasteiger partial charge in [0.25, 0.3) is 5.91 Å². The maximum Gasteiger partial charge on any atom is 0.253 e. The molecule has 0 spiro atoms. The molecular formula is C17H16BrF2NO. The summed E-state index contributed by atoms with van der Waals surface area (Å²) in [6.07, 6.45) is 0. The third kappa shape index (κ3) is 3.91. The minimum Gasteiger partial charge on any atom is -0.345 e. The van der Waals surface area contributed by atoms with Crippen LogP contribution in [-0.4, -0.2) is 5.91 Å². The van der Waals surface area contributed by atoms with Crippen LogP contribution in [0.2, 0.25) is 0 Å². The van der Waals surface area contributed by atoms with E-state index in [1.807, 2.05) is 13.8 Å². The fourth-order valence-corrected chi connectivity index (χ4v) is 2.62. The number of carbonyl (C=O) groups excluding carboxylic acids is 1. The first-order valence-corrected chi connectivity index (χ1v) is 7.69. The molecule has 0 aromatic heterocycles. The molecule has 2 aromatic rings. The molecule has 2 aromatic carbocycles. The maximum absolute atomic E-state index is 13.3. The Labute approximate surface area is 136 Å². The van der Waals surface area contributed by atoms with Gasteiger partial charge in [0.1, 0.15) is 11.6 Å². The number of amides is 1. The van der Waals surface area contributed by atoms with Crippen LogP contribution in [0.3, 0.4) is 0 Å². The second kappa shape index (κ2) is 7.01. The van der Waals surface area contributed by atoms with Crippen LogP contribution >= 0.6 is 15.9 Å². The zero-order valence-electron chi connectivity index (χ0n) is 12.2. The fraction of sp³-hybridized carbons (Fsp3) is 0.235. The lowest BCUT2D eigenvalue weighted by atomic mass is 9.95. The van der Waals surface area contributed by atoms with Gasteiger partial charge >= 0.3 is 0 Å². The lowest BCUT2D eigenvalue weighted by molar-refractivity contribution is 0.0924. The summed E-state index contributed by atoms with van der Waals surface area (Å²) in [4.78, 5) is 12.4.